The molecule has 30 heavy (non-hydrogen) atoms. The fraction of sp³-hybridized carbons (Fsp3) is 0.292. The third-order valence-electron chi connectivity index (χ3n) is 6.35. The average Bonchev–Trinajstić information content (AvgIpc) is 3.29. The van der Waals surface area contributed by atoms with Crippen LogP contribution in [0.4, 0.5) is 0 Å². The fourth-order valence-corrected chi connectivity index (χ4v) is 5.21. The summed E-state index contributed by atoms with van der Waals surface area (Å²) in [5.41, 5.74) is 3.12. The van der Waals surface area contributed by atoms with Crippen molar-refractivity contribution in [2.24, 2.45) is 5.92 Å². The Morgan fingerprint density at radius 1 is 1.03 bits per heavy atom. The van der Waals surface area contributed by atoms with Crippen molar-refractivity contribution in [3.63, 3.8) is 0 Å². The second kappa shape index (κ2) is 7.97. The van der Waals surface area contributed by atoms with Crippen molar-refractivity contribution in [1.29, 1.82) is 0 Å². The molecule has 4 nitrogen and oxygen atoms in total. The van der Waals surface area contributed by atoms with Gasteiger partial charge >= 0.3 is 0 Å². The molecule has 1 aliphatic rings. The molecule has 1 aliphatic carbocycles. The maximum atomic E-state index is 10.8. The van der Waals surface area contributed by atoms with Gasteiger partial charge in [-0.3, -0.25) is 0 Å². The highest BCUT2D eigenvalue weighted by Crippen LogP contribution is 2.39. The Hall–Kier alpha value is -1.92. The number of fused-ring (bicyclic) bond motifs is 2. The zero-order valence-corrected chi connectivity index (χ0v) is 18.6. The molecular formula is C24H22BrClN2O2. The number of aliphatic hydroxyl groups excluding tert-OH is 2. The van der Waals surface area contributed by atoms with E-state index < -0.39 is 12.2 Å². The van der Waals surface area contributed by atoms with E-state index in [1.165, 1.54) is 0 Å². The first-order chi connectivity index (χ1) is 14.5. The maximum absolute atomic E-state index is 10.8. The molecule has 2 aromatic carbocycles. The first-order valence-electron chi connectivity index (χ1n) is 10.2. The number of rotatable bonds is 4. The highest BCUT2D eigenvalue weighted by molar-refractivity contribution is 9.10. The molecule has 2 heterocycles. The standard InChI is InChI=1S/C24H22BrClN2O2/c25-18-12-16-7-5-14(11-19(16)27-24(18)26)6-8-17-13-21(23(30)22(17)29)28-10-9-15-3-1-2-4-20(15)28/h1-5,7,9-12,17,21-23,29-30H,6,8,13H2/t17-,21+,22+,23-/m0/s1. The molecule has 0 amide bonds. The van der Waals surface area contributed by atoms with E-state index >= 15 is 0 Å². The average molecular weight is 486 g/mol. The molecule has 6 heteroatoms. The minimum Gasteiger partial charge on any atom is -0.390 e. The van der Waals surface area contributed by atoms with Gasteiger partial charge in [0.15, 0.2) is 0 Å². The van der Waals surface area contributed by atoms with Gasteiger partial charge in [-0.25, -0.2) is 4.98 Å². The van der Waals surface area contributed by atoms with Crippen LogP contribution in [0.25, 0.3) is 21.8 Å². The molecule has 1 saturated carbocycles. The van der Waals surface area contributed by atoms with Gasteiger partial charge in [0.1, 0.15) is 11.3 Å². The first-order valence-corrected chi connectivity index (χ1v) is 11.3. The van der Waals surface area contributed by atoms with Crippen LogP contribution in [0.1, 0.15) is 24.4 Å². The van der Waals surface area contributed by atoms with Crippen molar-refractivity contribution < 1.29 is 10.2 Å². The Kier molecular flexibility index (Phi) is 5.31. The number of para-hydroxylation sites is 1. The van der Waals surface area contributed by atoms with Crippen LogP contribution in [0.3, 0.4) is 0 Å². The first kappa shape index (κ1) is 20.0. The largest absolute Gasteiger partial charge is 0.390 e. The van der Waals surface area contributed by atoms with Crippen molar-refractivity contribution in [3.05, 3.63) is 76.0 Å². The van der Waals surface area contributed by atoms with Crippen molar-refractivity contribution in [2.75, 3.05) is 0 Å². The summed E-state index contributed by atoms with van der Waals surface area (Å²) >= 11 is 9.55. The van der Waals surface area contributed by atoms with Gasteiger partial charge in [-0.1, -0.05) is 41.9 Å². The van der Waals surface area contributed by atoms with Crippen LogP contribution in [0.2, 0.25) is 5.15 Å². The van der Waals surface area contributed by atoms with Crippen LogP contribution < -0.4 is 0 Å². The van der Waals surface area contributed by atoms with Gasteiger partial charge in [-0.2, -0.15) is 0 Å². The van der Waals surface area contributed by atoms with E-state index in [0.717, 1.165) is 51.1 Å². The lowest BCUT2D eigenvalue weighted by Gasteiger charge is -2.19. The van der Waals surface area contributed by atoms with E-state index in [1.807, 2.05) is 30.5 Å². The Bertz CT molecular complexity index is 1220. The van der Waals surface area contributed by atoms with E-state index in [1.54, 1.807) is 0 Å². The predicted octanol–water partition coefficient (Wildman–Crippen LogP) is 5.52. The summed E-state index contributed by atoms with van der Waals surface area (Å²) < 4.78 is 2.90. The molecule has 1 fully saturated rings. The zero-order valence-electron chi connectivity index (χ0n) is 16.2. The third-order valence-corrected chi connectivity index (χ3v) is 7.48. The number of hydrogen-bond acceptors (Lipinski definition) is 3. The smallest absolute Gasteiger partial charge is 0.143 e. The molecule has 0 aliphatic heterocycles. The number of aromatic nitrogens is 2. The molecule has 154 valence electrons. The lowest BCUT2D eigenvalue weighted by molar-refractivity contribution is 0.00552. The van der Waals surface area contributed by atoms with Gasteiger partial charge < -0.3 is 14.8 Å². The van der Waals surface area contributed by atoms with E-state index in [2.05, 4.69) is 55.8 Å². The van der Waals surface area contributed by atoms with Crippen molar-refractivity contribution in [2.45, 2.75) is 37.5 Å². The van der Waals surface area contributed by atoms with Gasteiger partial charge in [-0.15, -0.1) is 0 Å². The quantitative estimate of drug-likeness (QED) is 0.374. The molecule has 0 saturated heterocycles. The monoisotopic (exact) mass is 484 g/mol. The lowest BCUT2D eigenvalue weighted by Crippen LogP contribution is -2.29. The van der Waals surface area contributed by atoms with Crippen molar-refractivity contribution in [1.82, 2.24) is 9.55 Å². The Balaban J connectivity index is 1.33. The lowest BCUT2D eigenvalue weighted by atomic mass is 9.95. The summed E-state index contributed by atoms with van der Waals surface area (Å²) in [6, 6.07) is 18.3. The predicted molar refractivity (Wildman–Crippen MR) is 124 cm³/mol. The summed E-state index contributed by atoms with van der Waals surface area (Å²) in [6.07, 6.45) is 2.92. The Labute approximate surface area is 188 Å². The SMILES string of the molecule is O[C@@H]1[C@@H](CCc2ccc3cc(Br)c(Cl)nc3c2)C[C@@H](n2ccc3ccccc32)[C@@H]1O. The topological polar surface area (TPSA) is 58.3 Å². The number of nitrogens with zero attached hydrogens (tertiary/aromatic N) is 2. The van der Waals surface area contributed by atoms with Crippen LogP contribution in [-0.2, 0) is 6.42 Å². The normalized spacial score (nSPS) is 24.1. The van der Waals surface area contributed by atoms with E-state index in [4.69, 9.17) is 11.6 Å². The molecule has 5 rings (SSSR count). The zero-order chi connectivity index (χ0) is 20.8. The van der Waals surface area contributed by atoms with E-state index in [-0.39, 0.29) is 12.0 Å². The Morgan fingerprint density at radius 3 is 2.73 bits per heavy atom. The molecular weight excluding hydrogens is 464 g/mol. The van der Waals surface area contributed by atoms with E-state index in [9.17, 15) is 10.2 Å². The molecule has 0 radical (unpaired) electrons. The molecule has 4 atom stereocenters. The van der Waals surface area contributed by atoms with Crippen LogP contribution in [-0.4, -0.2) is 32.0 Å². The van der Waals surface area contributed by atoms with Crippen LogP contribution >= 0.6 is 27.5 Å². The maximum Gasteiger partial charge on any atom is 0.143 e. The van der Waals surface area contributed by atoms with E-state index in [0.29, 0.717) is 5.15 Å². The van der Waals surface area contributed by atoms with Gasteiger partial charge in [0, 0.05) is 17.1 Å². The van der Waals surface area contributed by atoms with Gasteiger partial charge in [0.25, 0.3) is 0 Å². The van der Waals surface area contributed by atoms with Gasteiger partial charge in [-0.05, 0) is 76.3 Å². The van der Waals surface area contributed by atoms with Gasteiger partial charge in [0.05, 0.1) is 22.1 Å². The molecule has 4 aromatic rings. The molecule has 2 N–H and O–H groups in total. The number of hydrogen-bond donors (Lipinski definition) is 2. The number of pyridine rings is 1. The highest BCUT2D eigenvalue weighted by atomic mass is 79.9. The molecule has 2 aromatic heterocycles. The summed E-state index contributed by atoms with van der Waals surface area (Å²) in [5, 5.41) is 24.1. The third kappa shape index (κ3) is 3.54. The van der Waals surface area contributed by atoms with Crippen molar-refractivity contribution in [3.8, 4) is 0 Å². The van der Waals surface area contributed by atoms with Gasteiger partial charge in [0.2, 0.25) is 0 Å². The van der Waals surface area contributed by atoms with Crippen LogP contribution in [0.15, 0.2) is 65.3 Å². The minimum absolute atomic E-state index is 0.0447. The minimum atomic E-state index is -0.764. The summed E-state index contributed by atoms with van der Waals surface area (Å²) in [4.78, 5) is 4.44. The summed E-state index contributed by atoms with van der Waals surface area (Å²) in [7, 11) is 0. The number of benzene rings is 2. The van der Waals surface area contributed by atoms with Crippen LogP contribution in [0, 0.1) is 5.92 Å². The number of halogens is 2. The fourth-order valence-electron chi connectivity index (χ4n) is 4.73. The summed E-state index contributed by atoms with van der Waals surface area (Å²) in [5.74, 6) is 0.0447. The van der Waals surface area contributed by atoms with Crippen molar-refractivity contribution >= 4 is 49.3 Å². The van der Waals surface area contributed by atoms with Crippen LogP contribution in [0.5, 0.6) is 0 Å². The number of aryl methyl sites for hydroxylation is 1. The highest BCUT2D eigenvalue weighted by Gasteiger charge is 2.42. The summed E-state index contributed by atoms with van der Waals surface area (Å²) in [6.45, 7) is 0. The second-order valence-corrected chi connectivity index (χ2v) is 9.37. The molecule has 0 unspecified atom stereocenters. The number of aliphatic hydroxyl groups is 2. The second-order valence-electron chi connectivity index (χ2n) is 8.15. The molecule has 0 spiro atoms. The Morgan fingerprint density at radius 2 is 1.87 bits per heavy atom. The molecule has 0 bridgehead atoms.